The molecule has 0 aromatic heterocycles. The van der Waals surface area contributed by atoms with Gasteiger partial charge in [-0.2, -0.15) is 0 Å². The number of hydrogen-bond acceptors (Lipinski definition) is 4. The summed E-state index contributed by atoms with van der Waals surface area (Å²) in [5.41, 5.74) is -1.18. The lowest BCUT2D eigenvalue weighted by atomic mass is 9.85. The quantitative estimate of drug-likeness (QED) is 0.679. The van der Waals surface area contributed by atoms with Crippen LogP contribution in [0.15, 0.2) is 23.8 Å². The first-order valence-corrected chi connectivity index (χ1v) is 6.60. The Hall–Kier alpha value is -1.42. The van der Waals surface area contributed by atoms with E-state index in [1.165, 1.54) is 13.0 Å². The van der Waals surface area contributed by atoms with Gasteiger partial charge >= 0.3 is 5.97 Å². The minimum absolute atomic E-state index is 0.280. The van der Waals surface area contributed by atoms with Crippen LogP contribution in [0.25, 0.3) is 0 Å². The van der Waals surface area contributed by atoms with Gasteiger partial charge in [0.05, 0.1) is 0 Å². The third-order valence-electron chi connectivity index (χ3n) is 3.89. The van der Waals surface area contributed by atoms with Crippen molar-refractivity contribution in [1.29, 1.82) is 0 Å². The van der Waals surface area contributed by atoms with Crippen molar-refractivity contribution in [3.8, 4) is 0 Å². The molecule has 2 rings (SSSR count). The number of hydrogen-bond donors (Lipinski definition) is 1. The molecule has 2 atom stereocenters. The second kappa shape index (κ2) is 4.60. The number of fused-ring (bicyclic) bond motifs is 1. The van der Waals surface area contributed by atoms with Crippen molar-refractivity contribution in [3.63, 3.8) is 0 Å². The summed E-state index contributed by atoms with van der Waals surface area (Å²) in [4.78, 5) is 23.7. The lowest BCUT2D eigenvalue weighted by molar-refractivity contribution is -0.142. The van der Waals surface area contributed by atoms with E-state index in [0.717, 1.165) is 0 Å². The molecule has 1 aliphatic heterocycles. The molecule has 4 nitrogen and oxygen atoms in total. The van der Waals surface area contributed by atoms with Gasteiger partial charge in [0.15, 0.2) is 5.78 Å². The fraction of sp³-hybridized carbons (Fsp3) is 0.600. The highest BCUT2D eigenvalue weighted by molar-refractivity contribution is 5.96. The normalized spacial score (nSPS) is 36.2. The summed E-state index contributed by atoms with van der Waals surface area (Å²) in [5, 5.41) is 10.1. The van der Waals surface area contributed by atoms with Gasteiger partial charge in [0, 0.05) is 11.0 Å². The van der Waals surface area contributed by atoms with E-state index in [4.69, 9.17) is 4.74 Å². The summed E-state index contributed by atoms with van der Waals surface area (Å²) >= 11 is 0. The smallest absolute Gasteiger partial charge is 0.334 e. The molecule has 19 heavy (non-hydrogen) atoms. The second-order valence-electron chi connectivity index (χ2n) is 6.16. The van der Waals surface area contributed by atoms with Crippen LogP contribution < -0.4 is 0 Å². The molecule has 0 radical (unpaired) electrons. The molecule has 1 aliphatic carbocycles. The number of carbonyl (C=O) groups is 2. The van der Waals surface area contributed by atoms with Crippen LogP contribution in [0.3, 0.4) is 0 Å². The highest BCUT2D eigenvalue weighted by atomic mass is 16.5. The molecule has 1 heterocycles. The Bertz CT molecular complexity index is 469. The van der Waals surface area contributed by atoms with Crippen LogP contribution in [0.5, 0.6) is 0 Å². The average Bonchev–Trinajstić information content (AvgIpc) is 2.67. The van der Waals surface area contributed by atoms with Gasteiger partial charge in [0.25, 0.3) is 0 Å². The molecule has 104 valence electrons. The predicted molar refractivity (Wildman–Crippen MR) is 70.4 cm³/mol. The van der Waals surface area contributed by atoms with Crippen molar-refractivity contribution in [2.45, 2.75) is 51.7 Å². The molecule has 1 N–H and O–H groups in total. The molecule has 4 heteroatoms. The first-order valence-electron chi connectivity index (χ1n) is 6.60. The van der Waals surface area contributed by atoms with Crippen LogP contribution >= 0.6 is 0 Å². The number of esters is 1. The minimum atomic E-state index is -1.36. The molecular formula is C15H20O4. The molecule has 2 unspecified atom stereocenters. The van der Waals surface area contributed by atoms with E-state index < -0.39 is 11.0 Å². The fourth-order valence-corrected chi connectivity index (χ4v) is 2.34. The Morgan fingerprint density at radius 1 is 1.32 bits per heavy atom. The van der Waals surface area contributed by atoms with Gasteiger partial charge in [0.1, 0.15) is 11.7 Å². The van der Waals surface area contributed by atoms with Gasteiger partial charge in [-0.25, -0.2) is 4.79 Å². The molecule has 2 aliphatic rings. The van der Waals surface area contributed by atoms with Crippen molar-refractivity contribution in [3.05, 3.63) is 23.8 Å². The molecule has 0 saturated carbocycles. The highest BCUT2D eigenvalue weighted by Gasteiger charge is 2.37. The number of ether oxygens (including phenoxy) is 1. The highest BCUT2D eigenvalue weighted by Crippen LogP contribution is 2.34. The summed E-state index contributed by atoms with van der Waals surface area (Å²) < 4.78 is 5.34. The van der Waals surface area contributed by atoms with Crippen molar-refractivity contribution < 1.29 is 19.4 Å². The molecule has 0 aromatic carbocycles. The zero-order valence-corrected chi connectivity index (χ0v) is 11.6. The van der Waals surface area contributed by atoms with E-state index in [-0.39, 0.29) is 17.9 Å². The zero-order chi connectivity index (χ0) is 14.3. The van der Waals surface area contributed by atoms with Crippen molar-refractivity contribution in [1.82, 2.24) is 0 Å². The van der Waals surface area contributed by atoms with Gasteiger partial charge in [-0.15, -0.1) is 0 Å². The van der Waals surface area contributed by atoms with Crippen molar-refractivity contribution in [2.24, 2.45) is 5.41 Å². The number of ketones is 1. The Morgan fingerprint density at radius 3 is 2.68 bits per heavy atom. The number of carbonyl (C=O) groups excluding carboxylic acids is 2. The molecular weight excluding hydrogens is 244 g/mol. The van der Waals surface area contributed by atoms with E-state index in [1.807, 2.05) is 19.9 Å². The van der Waals surface area contributed by atoms with Gasteiger partial charge in [-0.1, -0.05) is 19.9 Å². The van der Waals surface area contributed by atoms with Crippen molar-refractivity contribution >= 4 is 11.8 Å². The van der Waals surface area contributed by atoms with E-state index in [1.54, 1.807) is 6.08 Å². The summed E-state index contributed by atoms with van der Waals surface area (Å²) in [6, 6.07) is 0. The molecule has 0 spiro atoms. The maximum Gasteiger partial charge on any atom is 0.334 e. The van der Waals surface area contributed by atoms with Crippen LogP contribution in [-0.2, 0) is 14.3 Å². The first-order chi connectivity index (χ1) is 8.72. The first kappa shape index (κ1) is 14.0. The van der Waals surface area contributed by atoms with Crippen LogP contribution in [0.4, 0.5) is 0 Å². The molecule has 0 saturated heterocycles. The molecule has 0 fully saturated rings. The van der Waals surface area contributed by atoms with E-state index in [0.29, 0.717) is 24.8 Å². The second-order valence-corrected chi connectivity index (χ2v) is 6.16. The van der Waals surface area contributed by atoms with Gasteiger partial charge in [-0.3, -0.25) is 4.79 Å². The molecule has 0 amide bonds. The summed E-state index contributed by atoms with van der Waals surface area (Å²) in [7, 11) is 0. The summed E-state index contributed by atoms with van der Waals surface area (Å²) in [5.74, 6) is -0.576. The van der Waals surface area contributed by atoms with Gasteiger partial charge < -0.3 is 9.84 Å². The van der Waals surface area contributed by atoms with Crippen LogP contribution in [0.1, 0.15) is 40.0 Å². The average molecular weight is 264 g/mol. The lowest BCUT2D eigenvalue weighted by Crippen LogP contribution is -2.34. The number of rotatable bonds is 0. The predicted octanol–water partition coefficient (Wildman–Crippen LogP) is 1.92. The summed E-state index contributed by atoms with van der Waals surface area (Å²) in [6.45, 7) is 5.33. The monoisotopic (exact) mass is 264 g/mol. The van der Waals surface area contributed by atoms with E-state index in [9.17, 15) is 14.7 Å². The standard InChI is InChI=1S/C15H20O4/c1-14(2)8-6-11(16)15(3,18)7-4-5-10-9-12(14)19-13(10)17/h6,8-9,12,18H,4-5,7H2,1-3H3/b8-6+. The maximum atomic E-state index is 12.0. The minimum Gasteiger partial charge on any atom is -0.454 e. The van der Waals surface area contributed by atoms with Crippen LogP contribution in [-0.4, -0.2) is 28.6 Å². The topological polar surface area (TPSA) is 63.6 Å². The Morgan fingerprint density at radius 2 is 2.00 bits per heavy atom. The van der Waals surface area contributed by atoms with Gasteiger partial charge in [-0.05, 0) is 38.3 Å². The Balaban J connectivity index is 2.34. The third kappa shape index (κ3) is 2.78. The van der Waals surface area contributed by atoms with E-state index in [2.05, 4.69) is 0 Å². The lowest BCUT2D eigenvalue weighted by Gasteiger charge is -2.26. The largest absolute Gasteiger partial charge is 0.454 e. The Labute approximate surface area is 113 Å². The van der Waals surface area contributed by atoms with Gasteiger partial charge in [0.2, 0.25) is 0 Å². The SMILES string of the molecule is CC1(O)CCCC2=CC(OC2=O)C(C)(C)/C=C/C1=O. The van der Waals surface area contributed by atoms with Crippen LogP contribution in [0.2, 0.25) is 0 Å². The zero-order valence-electron chi connectivity index (χ0n) is 11.6. The summed E-state index contributed by atoms with van der Waals surface area (Å²) in [6.07, 6.45) is 6.08. The molecule has 2 bridgehead atoms. The third-order valence-corrected chi connectivity index (χ3v) is 3.89. The van der Waals surface area contributed by atoms with Crippen molar-refractivity contribution in [2.75, 3.05) is 0 Å². The Kier molecular flexibility index (Phi) is 3.39. The fourth-order valence-electron chi connectivity index (χ4n) is 2.34. The maximum absolute atomic E-state index is 12.0. The number of aliphatic hydroxyl groups is 1. The van der Waals surface area contributed by atoms with Crippen LogP contribution in [0, 0.1) is 5.41 Å². The van der Waals surface area contributed by atoms with E-state index >= 15 is 0 Å². The molecule has 0 aromatic rings.